The van der Waals surface area contributed by atoms with Crippen LogP contribution >= 0.6 is 11.3 Å². The van der Waals surface area contributed by atoms with E-state index >= 15 is 0 Å². The molecule has 3 aromatic rings. The van der Waals surface area contributed by atoms with Crippen molar-refractivity contribution in [1.82, 2.24) is 14.5 Å². The number of thiophene rings is 1. The number of pyridine rings is 1. The summed E-state index contributed by atoms with van der Waals surface area (Å²) < 4.78 is 7.30. The minimum absolute atomic E-state index is 0.0475. The SMILES string of the molecule is O=c1[nH]c2c(sc3ncccc32)c(=O)n1C[C@H]1CCCO1. The molecule has 1 atom stereocenters. The number of aromatic amines is 1. The maximum atomic E-state index is 12.6. The summed E-state index contributed by atoms with van der Waals surface area (Å²) in [4.78, 5) is 32.6. The fraction of sp³-hybridized carbons (Fsp3) is 0.357. The van der Waals surface area contributed by atoms with Gasteiger partial charge in [-0.25, -0.2) is 9.78 Å². The number of hydrogen-bond acceptors (Lipinski definition) is 5. The standard InChI is InChI=1S/C14H13N3O3S/c18-13-11-10(9-4-1-5-15-12(9)21-11)16-14(19)17(13)7-8-3-2-6-20-8/h1,4-5,8H,2-3,6-7H2,(H,16,19)/t8-/m1/s1. The van der Waals surface area contributed by atoms with Crippen molar-refractivity contribution in [2.45, 2.75) is 25.5 Å². The molecule has 0 saturated carbocycles. The zero-order chi connectivity index (χ0) is 14.4. The van der Waals surface area contributed by atoms with E-state index in [-0.39, 0.29) is 17.4 Å². The van der Waals surface area contributed by atoms with Crippen LogP contribution in [0.15, 0.2) is 27.9 Å². The second-order valence-electron chi connectivity index (χ2n) is 5.14. The lowest BCUT2D eigenvalue weighted by molar-refractivity contribution is 0.0952. The summed E-state index contributed by atoms with van der Waals surface area (Å²) in [6, 6.07) is 3.66. The predicted octanol–water partition coefficient (Wildman–Crippen LogP) is 1.48. The number of fused-ring (bicyclic) bond motifs is 3. The van der Waals surface area contributed by atoms with Crippen LogP contribution in [0.5, 0.6) is 0 Å². The molecular weight excluding hydrogens is 290 g/mol. The molecule has 0 spiro atoms. The number of nitrogens with zero attached hydrogens (tertiary/aromatic N) is 2. The van der Waals surface area contributed by atoms with Gasteiger partial charge in [-0.2, -0.15) is 0 Å². The average molecular weight is 303 g/mol. The van der Waals surface area contributed by atoms with Crippen LogP contribution in [-0.4, -0.2) is 27.2 Å². The number of hydrogen-bond donors (Lipinski definition) is 1. The Kier molecular flexibility index (Phi) is 2.90. The van der Waals surface area contributed by atoms with Crippen molar-refractivity contribution < 1.29 is 4.74 Å². The summed E-state index contributed by atoms with van der Waals surface area (Å²) in [6.45, 7) is 1.01. The molecule has 3 aromatic heterocycles. The second kappa shape index (κ2) is 4.78. The van der Waals surface area contributed by atoms with Gasteiger partial charge in [-0.1, -0.05) is 0 Å². The van der Waals surface area contributed by atoms with Gasteiger partial charge in [0, 0.05) is 18.2 Å². The zero-order valence-corrected chi connectivity index (χ0v) is 12.0. The van der Waals surface area contributed by atoms with E-state index in [1.54, 1.807) is 12.3 Å². The van der Waals surface area contributed by atoms with Crippen LogP contribution in [0.3, 0.4) is 0 Å². The lowest BCUT2D eigenvalue weighted by Crippen LogP contribution is -2.37. The van der Waals surface area contributed by atoms with E-state index < -0.39 is 0 Å². The Morgan fingerprint density at radius 1 is 1.48 bits per heavy atom. The average Bonchev–Trinajstić information content (AvgIpc) is 3.11. The summed E-state index contributed by atoms with van der Waals surface area (Å²) in [7, 11) is 0. The number of ether oxygens (including phenoxy) is 1. The van der Waals surface area contributed by atoms with E-state index in [0.717, 1.165) is 23.1 Å². The third-order valence-corrected chi connectivity index (χ3v) is 4.89. The molecule has 7 heteroatoms. The topological polar surface area (TPSA) is 77.0 Å². The number of nitrogens with one attached hydrogen (secondary N) is 1. The van der Waals surface area contributed by atoms with Gasteiger partial charge in [-0.3, -0.25) is 9.36 Å². The van der Waals surface area contributed by atoms with Crippen LogP contribution in [-0.2, 0) is 11.3 Å². The van der Waals surface area contributed by atoms with Crippen molar-refractivity contribution in [2.75, 3.05) is 6.61 Å². The van der Waals surface area contributed by atoms with Gasteiger partial charge >= 0.3 is 5.69 Å². The molecule has 0 aliphatic carbocycles. The first-order chi connectivity index (χ1) is 10.2. The van der Waals surface area contributed by atoms with Gasteiger partial charge in [0.25, 0.3) is 5.56 Å². The third kappa shape index (κ3) is 2.00. The molecule has 21 heavy (non-hydrogen) atoms. The monoisotopic (exact) mass is 303 g/mol. The van der Waals surface area contributed by atoms with E-state index in [1.165, 1.54) is 15.9 Å². The lowest BCUT2D eigenvalue weighted by atomic mass is 10.2. The first kappa shape index (κ1) is 12.7. The van der Waals surface area contributed by atoms with Crippen molar-refractivity contribution in [1.29, 1.82) is 0 Å². The fourth-order valence-electron chi connectivity index (χ4n) is 2.75. The smallest absolute Gasteiger partial charge is 0.328 e. The Morgan fingerprint density at radius 2 is 2.38 bits per heavy atom. The molecule has 1 aliphatic heterocycles. The van der Waals surface area contributed by atoms with E-state index in [9.17, 15) is 9.59 Å². The Bertz CT molecular complexity index is 934. The van der Waals surface area contributed by atoms with Crippen LogP contribution in [0.25, 0.3) is 20.4 Å². The Morgan fingerprint density at radius 3 is 3.19 bits per heavy atom. The summed E-state index contributed by atoms with van der Waals surface area (Å²) in [6.07, 6.45) is 3.50. The molecular formula is C14H13N3O3S. The quantitative estimate of drug-likeness (QED) is 0.778. The molecule has 4 heterocycles. The molecule has 108 valence electrons. The highest BCUT2D eigenvalue weighted by atomic mass is 32.1. The molecule has 1 saturated heterocycles. The molecule has 0 amide bonds. The lowest BCUT2D eigenvalue weighted by Gasteiger charge is -2.10. The number of rotatable bonds is 2. The number of H-pyrrole nitrogens is 1. The molecule has 0 unspecified atom stereocenters. The van der Waals surface area contributed by atoms with Crippen LogP contribution in [0.4, 0.5) is 0 Å². The maximum absolute atomic E-state index is 12.6. The molecule has 1 fully saturated rings. The van der Waals surface area contributed by atoms with Gasteiger partial charge in [0.15, 0.2) is 0 Å². The highest BCUT2D eigenvalue weighted by Gasteiger charge is 2.20. The molecule has 1 N–H and O–H groups in total. The molecule has 4 rings (SSSR count). The second-order valence-corrected chi connectivity index (χ2v) is 6.14. The summed E-state index contributed by atoms with van der Waals surface area (Å²) in [5, 5.41) is 0.816. The van der Waals surface area contributed by atoms with Crippen molar-refractivity contribution in [3.8, 4) is 0 Å². The van der Waals surface area contributed by atoms with Crippen molar-refractivity contribution in [2.24, 2.45) is 0 Å². The van der Waals surface area contributed by atoms with Gasteiger partial charge in [-0.05, 0) is 25.0 Å². The highest BCUT2D eigenvalue weighted by molar-refractivity contribution is 7.25. The van der Waals surface area contributed by atoms with Crippen molar-refractivity contribution >= 4 is 31.8 Å². The van der Waals surface area contributed by atoms with Gasteiger partial charge in [0.1, 0.15) is 9.53 Å². The predicted molar refractivity (Wildman–Crippen MR) is 81.0 cm³/mol. The zero-order valence-electron chi connectivity index (χ0n) is 11.2. The van der Waals surface area contributed by atoms with Crippen LogP contribution in [0.1, 0.15) is 12.8 Å². The highest BCUT2D eigenvalue weighted by Crippen LogP contribution is 2.27. The Balaban J connectivity index is 1.94. The van der Waals surface area contributed by atoms with Crippen LogP contribution in [0.2, 0.25) is 0 Å². The molecule has 6 nitrogen and oxygen atoms in total. The normalized spacial score (nSPS) is 18.8. The van der Waals surface area contributed by atoms with Gasteiger partial charge in [-0.15, -0.1) is 11.3 Å². The first-order valence-corrected chi connectivity index (χ1v) is 7.67. The van der Waals surface area contributed by atoms with Crippen LogP contribution in [0, 0.1) is 0 Å². The van der Waals surface area contributed by atoms with E-state index in [0.29, 0.717) is 23.4 Å². The van der Waals surface area contributed by atoms with Gasteiger partial charge in [0.05, 0.1) is 18.2 Å². The fourth-order valence-corrected chi connectivity index (χ4v) is 3.80. The molecule has 1 aliphatic rings. The molecule has 0 bridgehead atoms. The van der Waals surface area contributed by atoms with E-state index in [1.807, 2.05) is 6.07 Å². The van der Waals surface area contributed by atoms with E-state index in [2.05, 4.69) is 9.97 Å². The third-order valence-electron chi connectivity index (χ3n) is 3.79. The largest absolute Gasteiger partial charge is 0.376 e. The van der Waals surface area contributed by atoms with Crippen molar-refractivity contribution in [3.05, 3.63) is 39.2 Å². The summed E-state index contributed by atoms with van der Waals surface area (Å²) in [5.41, 5.74) is -0.0551. The molecule has 0 aromatic carbocycles. The van der Waals surface area contributed by atoms with E-state index in [4.69, 9.17) is 4.74 Å². The van der Waals surface area contributed by atoms with Gasteiger partial charge < -0.3 is 9.72 Å². The summed E-state index contributed by atoms with van der Waals surface area (Å²) >= 11 is 1.31. The Hall–Kier alpha value is -1.99. The molecule has 0 radical (unpaired) electrons. The minimum atomic E-state index is -0.383. The van der Waals surface area contributed by atoms with Crippen molar-refractivity contribution in [3.63, 3.8) is 0 Å². The summed E-state index contributed by atoms with van der Waals surface area (Å²) in [5.74, 6) is 0. The van der Waals surface area contributed by atoms with Crippen LogP contribution < -0.4 is 11.2 Å². The minimum Gasteiger partial charge on any atom is -0.376 e. The first-order valence-electron chi connectivity index (χ1n) is 6.86. The Labute approximate surface area is 123 Å². The number of aromatic nitrogens is 3. The maximum Gasteiger partial charge on any atom is 0.328 e. The van der Waals surface area contributed by atoms with Gasteiger partial charge in [0.2, 0.25) is 0 Å².